The van der Waals surface area contributed by atoms with Crippen LogP contribution in [0.15, 0.2) is 48.5 Å². The number of esters is 1. The first-order chi connectivity index (χ1) is 20.3. The van der Waals surface area contributed by atoms with Gasteiger partial charge in [-0.25, -0.2) is 9.18 Å². The maximum atomic E-state index is 13.7. The van der Waals surface area contributed by atoms with Crippen LogP contribution in [0, 0.1) is 5.82 Å². The fourth-order valence-corrected chi connectivity index (χ4v) is 5.12. The lowest BCUT2D eigenvalue weighted by molar-refractivity contribution is -0.286. The highest BCUT2D eigenvalue weighted by molar-refractivity contribution is 6.01. The number of carboxylic acid groups (broad SMARTS) is 1. The highest BCUT2D eigenvalue weighted by Gasteiger charge is 2.48. The van der Waals surface area contributed by atoms with Gasteiger partial charge in [0.2, 0.25) is 6.29 Å². The number of fused-ring (bicyclic) bond motifs is 1. The van der Waals surface area contributed by atoms with Crippen LogP contribution < -0.4 is 0 Å². The summed E-state index contributed by atoms with van der Waals surface area (Å²) >= 11 is 0. The Bertz CT molecular complexity index is 1490. The number of benzene rings is 2. The number of hydrogen-bond donors (Lipinski definition) is 7. The number of aliphatic hydroxyl groups excluding tert-OH is 5. The SMILES string of the molecule is CC(C)n1c(/C=C/[C@@H](O)C[C@@H](O)CC(=O)OC2O[C@H](C(=O)O)[C@@H](O)C(O)[C@H]2O)c(-c2ccc(F)cc2)c2ccc(O)cc21. The molecule has 1 aliphatic rings. The minimum Gasteiger partial charge on any atom is -0.508 e. The number of rotatable bonds is 10. The molecule has 12 nitrogen and oxygen atoms in total. The first kappa shape index (κ1) is 32.1. The van der Waals surface area contributed by atoms with Gasteiger partial charge in [0.05, 0.1) is 24.1 Å². The Morgan fingerprint density at radius 3 is 2.35 bits per heavy atom. The molecule has 2 aromatic carbocycles. The molecule has 7 N–H and O–H groups in total. The molecule has 1 aromatic heterocycles. The average Bonchev–Trinajstić information content (AvgIpc) is 3.25. The van der Waals surface area contributed by atoms with Crippen LogP contribution in [0.5, 0.6) is 5.75 Å². The molecule has 232 valence electrons. The zero-order chi connectivity index (χ0) is 31.6. The summed E-state index contributed by atoms with van der Waals surface area (Å²) in [5.74, 6) is -3.11. The van der Waals surface area contributed by atoms with Crippen molar-refractivity contribution in [1.29, 1.82) is 0 Å². The zero-order valence-electron chi connectivity index (χ0n) is 23.3. The molecule has 3 aromatic rings. The van der Waals surface area contributed by atoms with Gasteiger partial charge in [-0.1, -0.05) is 18.2 Å². The molecule has 43 heavy (non-hydrogen) atoms. The Morgan fingerprint density at radius 2 is 1.72 bits per heavy atom. The first-order valence-electron chi connectivity index (χ1n) is 13.6. The number of aromatic hydroxyl groups is 1. The number of aromatic nitrogens is 1. The van der Waals surface area contributed by atoms with Gasteiger partial charge in [0.25, 0.3) is 0 Å². The standard InChI is InChI=1S/C30H34FNO11/c1-14(2)32-21(24(15-3-5-16(31)6-4-15)20-9-7-18(34)12-22(20)32)10-8-17(33)11-19(35)13-23(36)42-30-27(39)25(37)26(38)28(43-30)29(40)41/h3-10,12,14,17,19,25-28,30,33-35,37-39H,11,13H2,1-2H3,(H,40,41)/b10-8+/t17-,19-,25?,26+,27-,28+,30?/m1/s1. The van der Waals surface area contributed by atoms with Crippen molar-refractivity contribution in [1.82, 2.24) is 4.57 Å². The highest BCUT2D eigenvalue weighted by atomic mass is 19.1. The molecule has 0 aliphatic carbocycles. The van der Waals surface area contributed by atoms with Crippen LogP contribution in [-0.2, 0) is 19.1 Å². The summed E-state index contributed by atoms with van der Waals surface area (Å²) < 4.78 is 25.4. The third-order valence-electron chi connectivity index (χ3n) is 7.13. The fourth-order valence-electron chi connectivity index (χ4n) is 5.12. The molecule has 1 aliphatic heterocycles. The van der Waals surface area contributed by atoms with Gasteiger partial charge in [0.15, 0.2) is 6.10 Å². The quantitative estimate of drug-likeness (QED) is 0.166. The van der Waals surface area contributed by atoms with Crippen LogP contribution in [0.1, 0.15) is 38.4 Å². The van der Waals surface area contributed by atoms with E-state index in [-0.39, 0.29) is 18.2 Å². The van der Waals surface area contributed by atoms with E-state index in [4.69, 9.17) is 14.6 Å². The largest absolute Gasteiger partial charge is 0.508 e. The number of carbonyl (C=O) groups is 2. The monoisotopic (exact) mass is 603 g/mol. The Morgan fingerprint density at radius 1 is 1.05 bits per heavy atom. The van der Waals surface area contributed by atoms with Gasteiger partial charge in [-0.3, -0.25) is 4.79 Å². The summed E-state index contributed by atoms with van der Waals surface area (Å²) in [6.45, 7) is 3.87. The molecule has 0 saturated carbocycles. The Kier molecular flexibility index (Phi) is 9.85. The first-order valence-corrected chi connectivity index (χ1v) is 13.6. The average molecular weight is 604 g/mol. The number of carbonyl (C=O) groups excluding carboxylic acids is 1. The molecule has 0 bridgehead atoms. The molecule has 0 spiro atoms. The minimum atomic E-state index is -1.96. The van der Waals surface area contributed by atoms with Crippen molar-refractivity contribution < 1.29 is 59.2 Å². The summed E-state index contributed by atoms with van der Waals surface area (Å²) in [5, 5.41) is 70.8. The van der Waals surface area contributed by atoms with E-state index >= 15 is 0 Å². The molecule has 0 radical (unpaired) electrons. The summed E-state index contributed by atoms with van der Waals surface area (Å²) in [4.78, 5) is 23.6. The van der Waals surface area contributed by atoms with Crippen LogP contribution in [0.4, 0.5) is 4.39 Å². The molecule has 4 rings (SSSR count). The second-order valence-corrected chi connectivity index (χ2v) is 10.7. The topological polar surface area (TPSA) is 199 Å². The molecule has 1 fully saturated rings. The summed E-state index contributed by atoms with van der Waals surface area (Å²) in [5.41, 5.74) is 2.78. The Balaban J connectivity index is 1.50. The number of phenolic OH excluding ortho intramolecular Hbond substituents is 1. The van der Waals surface area contributed by atoms with Gasteiger partial charge in [-0.2, -0.15) is 0 Å². The summed E-state index contributed by atoms with van der Waals surface area (Å²) in [6, 6.07) is 10.7. The van der Waals surface area contributed by atoms with Crippen molar-refractivity contribution in [3.05, 3.63) is 60.1 Å². The van der Waals surface area contributed by atoms with E-state index in [1.807, 2.05) is 18.4 Å². The number of phenols is 1. The van der Waals surface area contributed by atoms with E-state index in [1.165, 1.54) is 18.2 Å². The molecule has 2 unspecified atom stereocenters. The lowest BCUT2D eigenvalue weighted by atomic mass is 9.99. The summed E-state index contributed by atoms with van der Waals surface area (Å²) in [6.07, 6.45) is -10.3. The van der Waals surface area contributed by atoms with Crippen molar-refractivity contribution >= 4 is 28.9 Å². The smallest absolute Gasteiger partial charge is 0.335 e. The second-order valence-electron chi connectivity index (χ2n) is 10.7. The van der Waals surface area contributed by atoms with Crippen molar-refractivity contribution in [2.75, 3.05) is 0 Å². The number of hydrogen-bond acceptors (Lipinski definition) is 10. The predicted molar refractivity (Wildman–Crippen MR) is 150 cm³/mol. The van der Waals surface area contributed by atoms with Crippen LogP contribution in [0.3, 0.4) is 0 Å². The van der Waals surface area contributed by atoms with Gasteiger partial charge in [-0.05, 0) is 49.8 Å². The number of aliphatic carboxylic acids is 1. The lowest BCUT2D eigenvalue weighted by Crippen LogP contribution is -2.60. The maximum Gasteiger partial charge on any atom is 0.335 e. The van der Waals surface area contributed by atoms with Crippen molar-refractivity contribution in [3.63, 3.8) is 0 Å². The second kappa shape index (κ2) is 13.2. The van der Waals surface area contributed by atoms with Gasteiger partial charge in [0, 0.05) is 35.2 Å². The highest BCUT2D eigenvalue weighted by Crippen LogP contribution is 2.39. The molecule has 13 heteroatoms. The predicted octanol–water partition coefficient (Wildman–Crippen LogP) is 1.68. The van der Waals surface area contributed by atoms with Gasteiger partial charge in [0.1, 0.15) is 29.9 Å². The zero-order valence-corrected chi connectivity index (χ0v) is 23.3. The molecular formula is C30H34FNO11. The molecule has 2 heterocycles. The van der Waals surface area contributed by atoms with Crippen LogP contribution in [0.25, 0.3) is 28.1 Å². The number of aliphatic hydroxyl groups is 5. The Labute approximate surface area is 245 Å². The van der Waals surface area contributed by atoms with Crippen LogP contribution in [-0.4, -0.2) is 95.2 Å². The maximum absolute atomic E-state index is 13.7. The van der Waals surface area contributed by atoms with Crippen LogP contribution in [0.2, 0.25) is 0 Å². The van der Waals surface area contributed by atoms with Crippen molar-refractivity contribution in [2.45, 2.75) is 75.6 Å². The van der Waals surface area contributed by atoms with E-state index in [1.54, 1.807) is 36.4 Å². The van der Waals surface area contributed by atoms with Crippen LogP contribution >= 0.6 is 0 Å². The molecule has 0 amide bonds. The number of carboxylic acids is 1. The molecule has 1 saturated heterocycles. The fraction of sp³-hybridized carbons (Fsp3) is 0.400. The van der Waals surface area contributed by atoms with Gasteiger partial charge < -0.3 is 49.8 Å². The number of halogens is 1. The normalized spacial score (nSPS) is 24.0. The third kappa shape index (κ3) is 7.04. The van der Waals surface area contributed by atoms with Crippen molar-refractivity contribution in [2.24, 2.45) is 0 Å². The van der Waals surface area contributed by atoms with E-state index in [2.05, 4.69) is 0 Å². The third-order valence-corrected chi connectivity index (χ3v) is 7.13. The van der Waals surface area contributed by atoms with E-state index < -0.39 is 67.1 Å². The molecular weight excluding hydrogens is 569 g/mol. The van der Waals surface area contributed by atoms with Crippen molar-refractivity contribution in [3.8, 4) is 16.9 Å². The summed E-state index contributed by atoms with van der Waals surface area (Å²) in [7, 11) is 0. The van der Waals surface area contributed by atoms with E-state index in [0.717, 1.165) is 10.9 Å². The van der Waals surface area contributed by atoms with E-state index in [9.17, 15) is 44.6 Å². The number of ether oxygens (including phenoxy) is 2. The van der Waals surface area contributed by atoms with Gasteiger partial charge >= 0.3 is 11.9 Å². The number of nitrogens with zero attached hydrogens (tertiary/aromatic N) is 1. The van der Waals surface area contributed by atoms with Gasteiger partial charge in [-0.15, -0.1) is 0 Å². The Hall–Kier alpha value is -3.85. The molecule has 7 atom stereocenters. The minimum absolute atomic E-state index is 0.0541. The lowest BCUT2D eigenvalue weighted by Gasteiger charge is -2.38. The van der Waals surface area contributed by atoms with E-state index in [0.29, 0.717) is 16.8 Å².